The normalized spacial score (nSPS) is 16.4. The molecule has 2 aliphatic heterocycles. The lowest BCUT2D eigenvalue weighted by Gasteiger charge is -2.36. The molecule has 2 heterocycles. The Labute approximate surface area is 233 Å². The second-order valence-electron chi connectivity index (χ2n) is 9.22. The third-order valence-corrected chi connectivity index (χ3v) is 7.83. The fourth-order valence-electron chi connectivity index (χ4n) is 4.62. The molecule has 0 radical (unpaired) electrons. The quantitative estimate of drug-likeness (QED) is 0.394. The summed E-state index contributed by atoms with van der Waals surface area (Å²) in [5.41, 5.74) is 1.54. The van der Waals surface area contributed by atoms with Crippen LogP contribution in [-0.4, -0.2) is 57.1 Å². The predicted molar refractivity (Wildman–Crippen MR) is 148 cm³/mol. The summed E-state index contributed by atoms with van der Waals surface area (Å²) in [7, 11) is 3.10. The highest BCUT2D eigenvalue weighted by atomic mass is 32.2. The first-order valence-electron chi connectivity index (χ1n) is 12.4. The first-order chi connectivity index (χ1) is 19.2. The van der Waals surface area contributed by atoms with E-state index in [2.05, 4.69) is 5.32 Å². The number of thioether (sulfide) groups is 1. The van der Waals surface area contributed by atoms with E-state index < -0.39 is 11.7 Å². The van der Waals surface area contributed by atoms with Gasteiger partial charge in [0.2, 0.25) is 0 Å². The summed E-state index contributed by atoms with van der Waals surface area (Å²) >= 11 is 1.31. The molecule has 208 valence electrons. The highest BCUT2D eigenvalue weighted by molar-refractivity contribution is 8.04. The number of nitrogens with one attached hydrogen (secondary N) is 1. The van der Waals surface area contributed by atoms with Crippen LogP contribution in [0.1, 0.15) is 21.5 Å². The van der Waals surface area contributed by atoms with E-state index in [-0.39, 0.29) is 11.8 Å². The third kappa shape index (κ3) is 5.74. The lowest BCUT2D eigenvalue weighted by molar-refractivity contribution is -0.137. The van der Waals surface area contributed by atoms with Crippen LogP contribution in [0.15, 0.2) is 70.5 Å². The van der Waals surface area contributed by atoms with Crippen LogP contribution in [0, 0.1) is 0 Å². The highest BCUT2D eigenvalue weighted by Gasteiger charge is 2.31. The van der Waals surface area contributed by atoms with Crippen molar-refractivity contribution in [3.63, 3.8) is 0 Å². The standard InChI is InChI=1S/C29H26F3N3O4S/c1-38-23-8-6-18(14-24(23)39-2)15-26-27(36)33-22-16-19(7-9-25(22)40-26)28(37)35-12-10-34(11-13-35)21-5-3-4-20(17-21)29(30,31)32/h3-9,14-17H,10-13H2,1-2H3,(H,33,36). The molecular weight excluding hydrogens is 543 g/mol. The van der Waals surface area contributed by atoms with Crippen LogP contribution in [0.5, 0.6) is 11.5 Å². The average molecular weight is 570 g/mol. The molecule has 0 bridgehead atoms. The minimum absolute atomic E-state index is 0.197. The van der Waals surface area contributed by atoms with E-state index in [4.69, 9.17) is 9.47 Å². The van der Waals surface area contributed by atoms with E-state index in [9.17, 15) is 22.8 Å². The third-order valence-electron chi connectivity index (χ3n) is 6.73. The maximum Gasteiger partial charge on any atom is 0.416 e. The molecule has 3 aromatic carbocycles. The smallest absolute Gasteiger partial charge is 0.416 e. The molecular formula is C29H26F3N3O4S. The molecule has 3 aromatic rings. The molecule has 1 N–H and O–H groups in total. The van der Waals surface area contributed by atoms with Crippen LogP contribution >= 0.6 is 11.8 Å². The van der Waals surface area contributed by atoms with Gasteiger partial charge in [0.05, 0.1) is 30.4 Å². The maximum absolute atomic E-state index is 13.2. The molecule has 5 rings (SSSR count). The summed E-state index contributed by atoms with van der Waals surface area (Å²) in [6.07, 6.45) is -2.65. The van der Waals surface area contributed by atoms with Crippen molar-refractivity contribution in [1.82, 2.24) is 4.90 Å². The number of alkyl halides is 3. The molecule has 0 aromatic heterocycles. The van der Waals surface area contributed by atoms with E-state index in [1.807, 2.05) is 11.0 Å². The van der Waals surface area contributed by atoms with Gasteiger partial charge in [-0.15, -0.1) is 0 Å². The predicted octanol–water partition coefficient (Wildman–Crippen LogP) is 5.77. The lowest BCUT2D eigenvalue weighted by atomic mass is 10.1. The molecule has 0 saturated carbocycles. The second-order valence-corrected chi connectivity index (χ2v) is 10.3. The number of piperazine rings is 1. The molecule has 7 nitrogen and oxygen atoms in total. The average Bonchev–Trinajstić information content (AvgIpc) is 2.96. The Bertz CT molecular complexity index is 1480. The number of fused-ring (bicyclic) bond motifs is 1. The number of amides is 2. The Morgan fingerprint density at radius 2 is 1.70 bits per heavy atom. The lowest BCUT2D eigenvalue weighted by Crippen LogP contribution is -2.48. The zero-order valence-electron chi connectivity index (χ0n) is 21.7. The van der Waals surface area contributed by atoms with Gasteiger partial charge in [0.1, 0.15) is 0 Å². The fraction of sp³-hybridized carbons (Fsp3) is 0.241. The molecule has 0 unspecified atom stereocenters. The van der Waals surface area contributed by atoms with Crippen LogP contribution in [0.25, 0.3) is 6.08 Å². The van der Waals surface area contributed by atoms with Crippen LogP contribution in [0.3, 0.4) is 0 Å². The minimum atomic E-state index is -4.41. The maximum atomic E-state index is 13.2. The number of rotatable bonds is 5. The van der Waals surface area contributed by atoms with Crippen molar-refractivity contribution >= 4 is 41.0 Å². The number of ether oxygens (including phenoxy) is 2. The van der Waals surface area contributed by atoms with Crippen molar-refractivity contribution < 1.29 is 32.2 Å². The van der Waals surface area contributed by atoms with Crippen molar-refractivity contribution in [2.75, 3.05) is 50.6 Å². The second kappa shape index (κ2) is 11.2. The number of nitrogens with zero attached hydrogens (tertiary/aromatic N) is 2. The summed E-state index contributed by atoms with van der Waals surface area (Å²) in [5, 5.41) is 2.87. The molecule has 0 spiro atoms. The Balaban J connectivity index is 1.26. The number of carbonyl (C=O) groups is 2. The number of anilines is 2. The summed E-state index contributed by atoms with van der Waals surface area (Å²) < 4.78 is 49.9. The number of halogens is 3. The van der Waals surface area contributed by atoms with Crippen LogP contribution in [0.4, 0.5) is 24.5 Å². The highest BCUT2D eigenvalue weighted by Crippen LogP contribution is 2.40. The monoisotopic (exact) mass is 569 g/mol. The zero-order chi connectivity index (χ0) is 28.4. The van der Waals surface area contributed by atoms with Crippen molar-refractivity contribution in [1.29, 1.82) is 0 Å². The van der Waals surface area contributed by atoms with Gasteiger partial charge in [-0.2, -0.15) is 13.2 Å². The number of carbonyl (C=O) groups excluding carboxylic acids is 2. The Kier molecular flexibility index (Phi) is 7.66. The Morgan fingerprint density at radius 1 is 0.950 bits per heavy atom. The number of hydrogen-bond donors (Lipinski definition) is 1. The van der Waals surface area contributed by atoms with Gasteiger partial charge in [-0.25, -0.2) is 0 Å². The number of hydrogen-bond acceptors (Lipinski definition) is 6. The molecule has 2 amide bonds. The summed E-state index contributed by atoms with van der Waals surface area (Å²) in [6.45, 7) is 1.56. The van der Waals surface area contributed by atoms with E-state index in [1.165, 1.54) is 17.8 Å². The molecule has 0 aliphatic carbocycles. The number of methoxy groups -OCH3 is 2. The van der Waals surface area contributed by atoms with E-state index in [0.717, 1.165) is 22.6 Å². The largest absolute Gasteiger partial charge is 0.493 e. The molecule has 40 heavy (non-hydrogen) atoms. The number of benzene rings is 3. The molecule has 1 fully saturated rings. The fourth-order valence-corrected chi connectivity index (χ4v) is 5.55. The van der Waals surface area contributed by atoms with E-state index in [0.29, 0.717) is 59.5 Å². The van der Waals surface area contributed by atoms with Gasteiger partial charge in [0.15, 0.2) is 11.5 Å². The topological polar surface area (TPSA) is 71.1 Å². The van der Waals surface area contributed by atoms with Crippen molar-refractivity contribution in [2.45, 2.75) is 11.1 Å². The Morgan fingerprint density at radius 3 is 2.40 bits per heavy atom. The first-order valence-corrected chi connectivity index (χ1v) is 13.3. The molecule has 1 saturated heterocycles. The van der Waals surface area contributed by atoms with Gasteiger partial charge >= 0.3 is 6.18 Å². The van der Waals surface area contributed by atoms with Crippen molar-refractivity contribution in [3.8, 4) is 11.5 Å². The molecule has 0 atom stereocenters. The van der Waals surface area contributed by atoms with Crippen LogP contribution in [-0.2, 0) is 11.0 Å². The molecule has 11 heteroatoms. The van der Waals surface area contributed by atoms with Crippen molar-refractivity contribution in [3.05, 3.63) is 82.3 Å². The summed E-state index contributed by atoms with van der Waals surface area (Å²) in [5.74, 6) is 0.659. The van der Waals surface area contributed by atoms with Crippen LogP contribution in [0.2, 0.25) is 0 Å². The van der Waals surface area contributed by atoms with E-state index in [1.54, 1.807) is 61.6 Å². The van der Waals surface area contributed by atoms with Gasteiger partial charge < -0.3 is 24.6 Å². The first kappa shape index (κ1) is 27.4. The van der Waals surface area contributed by atoms with Gasteiger partial charge in [-0.05, 0) is 60.2 Å². The van der Waals surface area contributed by atoms with Gasteiger partial charge in [-0.3, -0.25) is 9.59 Å². The van der Waals surface area contributed by atoms with Gasteiger partial charge in [0.25, 0.3) is 11.8 Å². The zero-order valence-corrected chi connectivity index (χ0v) is 22.6. The van der Waals surface area contributed by atoms with E-state index >= 15 is 0 Å². The van der Waals surface area contributed by atoms with Crippen molar-refractivity contribution in [2.24, 2.45) is 0 Å². The van der Waals surface area contributed by atoms with Gasteiger partial charge in [0, 0.05) is 42.3 Å². The Hall–Kier alpha value is -4.12. The SMILES string of the molecule is COc1ccc(C=C2Sc3ccc(C(=O)N4CCN(c5cccc(C(F)(F)F)c5)CC4)cc3NC2=O)cc1OC. The van der Waals surface area contributed by atoms with Crippen LogP contribution < -0.4 is 19.7 Å². The van der Waals surface area contributed by atoms with Gasteiger partial charge in [-0.1, -0.05) is 23.9 Å². The minimum Gasteiger partial charge on any atom is -0.493 e. The summed E-state index contributed by atoms with van der Waals surface area (Å²) in [4.78, 5) is 30.9. The summed E-state index contributed by atoms with van der Waals surface area (Å²) in [6, 6.07) is 15.8. The molecule has 2 aliphatic rings.